The molecule has 1 heteroatoms. The van der Waals surface area contributed by atoms with E-state index >= 15 is 0 Å². The third kappa shape index (κ3) is 2.85. The molecule has 0 saturated carbocycles. The molecule has 0 atom stereocenters. The van der Waals surface area contributed by atoms with E-state index in [2.05, 4.69) is 45.1 Å². The van der Waals surface area contributed by atoms with Crippen LogP contribution in [0.5, 0.6) is 0 Å². The molecule has 0 bridgehead atoms. The van der Waals surface area contributed by atoms with Gasteiger partial charge in [-0.25, -0.2) is 0 Å². The molecule has 0 heterocycles. The Kier molecular flexibility index (Phi) is 4.15. The summed E-state index contributed by atoms with van der Waals surface area (Å²) in [5, 5.41) is 3.44. The van der Waals surface area contributed by atoms with Crippen molar-refractivity contribution < 1.29 is 0 Å². The van der Waals surface area contributed by atoms with E-state index in [1.807, 2.05) is 0 Å². The highest BCUT2D eigenvalue weighted by molar-refractivity contribution is 5.36. The van der Waals surface area contributed by atoms with Crippen molar-refractivity contribution in [2.24, 2.45) is 0 Å². The summed E-state index contributed by atoms with van der Waals surface area (Å²) >= 11 is 0. The van der Waals surface area contributed by atoms with Crippen molar-refractivity contribution in [2.75, 3.05) is 6.54 Å². The minimum atomic E-state index is 1.00. The predicted molar refractivity (Wildman–Crippen MR) is 62.7 cm³/mol. The van der Waals surface area contributed by atoms with Crippen molar-refractivity contribution in [1.82, 2.24) is 5.32 Å². The standard InChI is InChI=1S/C13H21N/c1-5-6-14-9-13-8-11(3)10(2)7-12(13)4/h7-8,14H,5-6,9H2,1-4H3. The van der Waals surface area contributed by atoms with Gasteiger partial charge in [0.1, 0.15) is 0 Å². The van der Waals surface area contributed by atoms with Crippen LogP contribution in [0.1, 0.15) is 35.6 Å². The summed E-state index contributed by atoms with van der Waals surface area (Å²) in [4.78, 5) is 0. The molecular formula is C13H21N. The highest BCUT2D eigenvalue weighted by Gasteiger charge is 2.00. The highest BCUT2D eigenvalue weighted by Crippen LogP contribution is 2.14. The first-order chi connectivity index (χ1) is 6.65. The quantitative estimate of drug-likeness (QED) is 0.721. The van der Waals surface area contributed by atoms with E-state index in [1.54, 1.807) is 0 Å². The predicted octanol–water partition coefficient (Wildman–Crippen LogP) is 3.11. The highest BCUT2D eigenvalue weighted by atomic mass is 14.8. The van der Waals surface area contributed by atoms with Crippen molar-refractivity contribution in [1.29, 1.82) is 0 Å². The average Bonchev–Trinajstić information content (AvgIpc) is 2.14. The molecule has 0 aliphatic carbocycles. The van der Waals surface area contributed by atoms with Gasteiger partial charge in [-0.15, -0.1) is 0 Å². The second-order valence-corrected chi connectivity index (χ2v) is 4.04. The van der Waals surface area contributed by atoms with Gasteiger partial charge in [0.15, 0.2) is 0 Å². The lowest BCUT2D eigenvalue weighted by molar-refractivity contribution is 0.673. The Morgan fingerprint density at radius 3 is 2.29 bits per heavy atom. The van der Waals surface area contributed by atoms with Gasteiger partial charge in [0.2, 0.25) is 0 Å². The minimum Gasteiger partial charge on any atom is -0.313 e. The number of hydrogen-bond donors (Lipinski definition) is 1. The second-order valence-electron chi connectivity index (χ2n) is 4.04. The molecule has 1 aromatic carbocycles. The first kappa shape index (κ1) is 11.3. The zero-order chi connectivity index (χ0) is 10.6. The number of nitrogens with one attached hydrogen (secondary N) is 1. The Bertz CT molecular complexity index is 302. The Balaban J connectivity index is 2.72. The Morgan fingerprint density at radius 2 is 1.64 bits per heavy atom. The molecule has 0 aromatic heterocycles. The maximum Gasteiger partial charge on any atom is 0.0208 e. The van der Waals surface area contributed by atoms with Gasteiger partial charge in [-0.2, -0.15) is 0 Å². The van der Waals surface area contributed by atoms with Crippen LogP contribution in [0.15, 0.2) is 12.1 Å². The third-order valence-electron chi connectivity index (χ3n) is 2.69. The molecule has 0 fully saturated rings. The fourth-order valence-electron chi connectivity index (χ4n) is 1.61. The number of rotatable bonds is 4. The van der Waals surface area contributed by atoms with Crippen LogP contribution in [-0.4, -0.2) is 6.54 Å². The van der Waals surface area contributed by atoms with Crippen LogP contribution >= 0.6 is 0 Å². The van der Waals surface area contributed by atoms with Crippen LogP contribution in [0, 0.1) is 20.8 Å². The summed E-state index contributed by atoms with van der Waals surface area (Å²) in [7, 11) is 0. The maximum absolute atomic E-state index is 3.44. The molecule has 1 aromatic rings. The van der Waals surface area contributed by atoms with Crippen molar-refractivity contribution in [3.63, 3.8) is 0 Å². The molecule has 0 unspecified atom stereocenters. The van der Waals surface area contributed by atoms with Crippen LogP contribution in [0.2, 0.25) is 0 Å². The lowest BCUT2D eigenvalue weighted by atomic mass is 10.0. The van der Waals surface area contributed by atoms with Crippen molar-refractivity contribution in [2.45, 2.75) is 40.7 Å². The van der Waals surface area contributed by atoms with E-state index in [1.165, 1.54) is 28.7 Å². The number of aryl methyl sites for hydroxylation is 3. The van der Waals surface area contributed by atoms with Crippen molar-refractivity contribution >= 4 is 0 Å². The Labute approximate surface area is 87.5 Å². The van der Waals surface area contributed by atoms with E-state index in [0.29, 0.717) is 0 Å². The van der Waals surface area contributed by atoms with Gasteiger partial charge in [-0.3, -0.25) is 0 Å². The summed E-state index contributed by atoms with van der Waals surface area (Å²) in [5.74, 6) is 0. The molecule has 1 N–H and O–H groups in total. The smallest absolute Gasteiger partial charge is 0.0208 e. The number of benzene rings is 1. The molecule has 14 heavy (non-hydrogen) atoms. The number of hydrogen-bond acceptors (Lipinski definition) is 1. The van der Waals surface area contributed by atoms with Crippen LogP contribution in [-0.2, 0) is 6.54 Å². The Morgan fingerprint density at radius 1 is 1.00 bits per heavy atom. The molecule has 0 spiro atoms. The van der Waals surface area contributed by atoms with Crippen molar-refractivity contribution in [3.05, 3.63) is 34.4 Å². The van der Waals surface area contributed by atoms with Crippen LogP contribution < -0.4 is 5.32 Å². The first-order valence-corrected chi connectivity index (χ1v) is 5.42. The molecule has 78 valence electrons. The molecule has 0 radical (unpaired) electrons. The zero-order valence-corrected chi connectivity index (χ0v) is 9.78. The summed E-state index contributed by atoms with van der Waals surface area (Å²) < 4.78 is 0. The minimum absolute atomic E-state index is 1.00. The molecule has 0 amide bonds. The van der Waals surface area contributed by atoms with E-state index in [9.17, 15) is 0 Å². The molecular weight excluding hydrogens is 170 g/mol. The van der Waals surface area contributed by atoms with E-state index in [0.717, 1.165) is 13.1 Å². The van der Waals surface area contributed by atoms with Gasteiger partial charge in [-0.05, 0) is 56.0 Å². The van der Waals surface area contributed by atoms with Crippen LogP contribution in [0.3, 0.4) is 0 Å². The summed E-state index contributed by atoms with van der Waals surface area (Å²) in [5.41, 5.74) is 5.61. The molecule has 1 rings (SSSR count). The van der Waals surface area contributed by atoms with E-state index in [-0.39, 0.29) is 0 Å². The largest absolute Gasteiger partial charge is 0.313 e. The van der Waals surface area contributed by atoms with Gasteiger partial charge in [-0.1, -0.05) is 19.1 Å². The van der Waals surface area contributed by atoms with Crippen LogP contribution in [0.25, 0.3) is 0 Å². The topological polar surface area (TPSA) is 12.0 Å². The second kappa shape index (κ2) is 5.16. The van der Waals surface area contributed by atoms with Gasteiger partial charge >= 0.3 is 0 Å². The van der Waals surface area contributed by atoms with E-state index < -0.39 is 0 Å². The third-order valence-corrected chi connectivity index (χ3v) is 2.69. The molecule has 1 nitrogen and oxygen atoms in total. The van der Waals surface area contributed by atoms with Crippen LogP contribution in [0.4, 0.5) is 0 Å². The van der Waals surface area contributed by atoms with Gasteiger partial charge < -0.3 is 5.32 Å². The zero-order valence-electron chi connectivity index (χ0n) is 9.78. The van der Waals surface area contributed by atoms with Crippen molar-refractivity contribution in [3.8, 4) is 0 Å². The van der Waals surface area contributed by atoms with Gasteiger partial charge in [0.05, 0.1) is 0 Å². The monoisotopic (exact) mass is 191 g/mol. The summed E-state index contributed by atoms with van der Waals surface area (Å²) in [6.07, 6.45) is 1.20. The molecule has 0 saturated heterocycles. The fraction of sp³-hybridized carbons (Fsp3) is 0.538. The SMILES string of the molecule is CCCNCc1cc(C)c(C)cc1C. The summed E-state index contributed by atoms with van der Waals surface area (Å²) in [6.45, 7) is 10.8. The average molecular weight is 191 g/mol. The Hall–Kier alpha value is -0.820. The van der Waals surface area contributed by atoms with Gasteiger partial charge in [0.25, 0.3) is 0 Å². The lowest BCUT2D eigenvalue weighted by Gasteiger charge is -2.10. The fourth-order valence-corrected chi connectivity index (χ4v) is 1.61. The van der Waals surface area contributed by atoms with Gasteiger partial charge in [0, 0.05) is 6.54 Å². The molecule has 0 aliphatic rings. The van der Waals surface area contributed by atoms with E-state index in [4.69, 9.17) is 0 Å². The normalized spacial score (nSPS) is 10.6. The summed E-state index contributed by atoms with van der Waals surface area (Å²) in [6, 6.07) is 4.58. The first-order valence-electron chi connectivity index (χ1n) is 5.42. The lowest BCUT2D eigenvalue weighted by Crippen LogP contribution is -2.14. The maximum atomic E-state index is 3.44. The molecule has 0 aliphatic heterocycles.